The van der Waals surface area contributed by atoms with Crippen molar-refractivity contribution in [3.8, 4) is 0 Å². The summed E-state index contributed by atoms with van der Waals surface area (Å²) in [4.78, 5) is 40.4. The molecule has 26 heavy (non-hydrogen) atoms. The lowest BCUT2D eigenvalue weighted by Crippen LogP contribution is -2.40. The van der Waals surface area contributed by atoms with Crippen molar-refractivity contribution in [2.75, 3.05) is 24.5 Å². The first-order valence-corrected chi connectivity index (χ1v) is 9.37. The topological polar surface area (TPSA) is 77.9 Å². The lowest BCUT2D eigenvalue weighted by atomic mass is 9.81. The van der Waals surface area contributed by atoms with Crippen LogP contribution in [0.3, 0.4) is 0 Å². The molecule has 2 saturated heterocycles. The fourth-order valence-corrected chi connectivity index (χ4v) is 5.08. The van der Waals surface area contributed by atoms with E-state index in [0.29, 0.717) is 30.2 Å². The highest BCUT2D eigenvalue weighted by atomic mass is 35.5. The van der Waals surface area contributed by atoms with E-state index in [1.54, 1.807) is 28.0 Å². The summed E-state index contributed by atoms with van der Waals surface area (Å²) in [6.45, 7) is 1.05. The standard InChI is InChI=1S/C19H21ClN2O4/c20-14-5-1-2-6-15(14)22-9-12(8-16(22)23)17(24)21-10-13-4-3-7-19(13,11-21)18(25)26/h1-2,5-6,12-13H,3-4,7-11H2,(H,25,26)/t12?,13-,19+/m0/s1. The van der Waals surface area contributed by atoms with Crippen LogP contribution in [-0.2, 0) is 14.4 Å². The number of anilines is 1. The molecule has 0 radical (unpaired) electrons. The highest BCUT2D eigenvalue weighted by Gasteiger charge is 2.56. The average Bonchev–Trinajstić information content (AvgIpc) is 3.27. The number of halogens is 1. The molecule has 0 bridgehead atoms. The second kappa shape index (κ2) is 6.27. The molecule has 4 rings (SSSR count). The fourth-order valence-electron chi connectivity index (χ4n) is 4.84. The van der Waals surface area contributed by atoms with Gasteiger partial charge in [0.05, 0.1) is 22.0 Å². The van der Waals surface area contributed by atoms with Crippen LogP contribution in [0.25, 0.3) is 0 Å². The Morgan fingerprint density at radius 2 is 2.00 bits per heavy atom. The summed E-state index contributed by atoms with van der Waals surface area (Å²) in [6.07, 6.45) is 2.53. The van der Waals surface area contributed by atoms with Gasteiger partial charge in [0.15, 0.2) is 0 Å². The molecule has 1 N–H and O–H groups in total. The van der Waals surface area contributed by atoms with E-state index in [4.69, 9.17) is 11.6 Å². The van der Waals surface area contributed by atoms with Crippen LogP contribution in [0.5, 0.6) is 0 Å². The number of amides is 2. The van der Waals surface area contributed by atoms with Gasteiger partial charge in [0.1, 0.15) is 0 Å². The van der Waals surface area contributed by atoms with Gasteiger partial charge in [-0.1, -0.05) is 30.2 Å². The zero-order valence-electron chi connectivity index (χ0n) is 14.4. The van der Waals surface area contributed by atoms with Gasteiger partial charge >= 0.3 is 5.97 Å². The molecule has 2 amide bonds. The first-order valence-electron chi connectivity index (χ1n) is 8.99. The summed E-state index contributed by atoms with van der Waals surface area (Å²) in [5, 5.41) is 10.2. The number of carbonyl (C=O) groups is 3. The maximum Gasteiger partial charge on any atom is 0.311 e. The third-order valence-electron chi connectivity index (χ3n) is 6.23. The third kappa shape index (κ3) is 2.58. The number of fused-ring (bicyclic) bond motifs is 1. The monoisotopic (exact) mass is 376 g/mol. The van der Waals surface area contributed by atoms with Crippen molar-refractivity contribution in [1.29, 1.82) is 0 Å². The number of para-hydroxylation sites is 1. The van der Waals surface area contributed by atoms with E-state index < -0.39 is 17.3 Å². The highest BCUT2D eigenvalue weighted by molar-refractivity contribution is 6.33. The Kier molecular flexibility index (Phi) is 4.18. The molecular weight excluding hydrogens is 356 g/mol. The first kappa shape index (κ1) is 17.3. The molecule has 1 unspecified atom stereocenters. The van der Waals surface area contributed by atoms with Crippen LogP contribution in [0.15, 0.2) is 24.3 Å². The lowest BCUT2D eigenvalue weighted by Gasteiger charge is -2.24. The van der Waals surface area contributed by atoms with E-state index in [1.165, 1.54) is 0 Å². The van der Waals surface area contributed by atoms with Crippen LogP contribution in [0.2, 0.25) is 5.02 Å². The predicted octanol–water partition coefficient (Wildman–Crippen LogP) is 2.41. The third-order valence-corrected chi connectivity index (χ3v) is 6.55. The van der Waals surface area contributed by atoms with Crippen LogP contribution in [-0.4, -0.2) is 47.4 Å². The average molecular weight is 377 g/mol. The lowest BCUT2D eigenvalue weighted by molar-refractivity contribution is -0.149. The highest BCUT2D eigenvalue weighted by Crippen LogP contribution is 2.49. The van der Waals surface area contributed by atoms with E-state index in [9.17, 15) is 19.5 Å². The molecule has 2 aliphatic heterocycles. The van der Waals surface area contributed by atoms with Crippen LogP contribution >= 0.6 is 11.6 Å². The zero-order chi connectivity index (χ0) is 18.5. The first-order chi connectivity index (χ1) is 12.4. The molecular formula is C19H21ClN2O4. The van der Waals surface area contributed by atoms with Crippen molar-refractivity contribution in [2.45, 2.75) is 25.7 Å². The van der Waals surface area contributed by atoms with Gasteiger partial charge in [-0.3, -0.25) is 14.4 Å². The summed E-state index contributed by atoms with van der Waals surface area (Å²) >= 11 is 6.19. The Balaban J connectivity index is 1.49. The number of likely N-dealkylation sites (tertiary alicyclic amines) is 1. The normalized spacial score (nSPS) is 30.7. The Hall–Kier alpha value is -2.08. The van der Waals surface area contributed by atoms with Crippen LogP contribution in [0.1, 0.15) is 25.7 Å². The van der Waals surface area contributed by atoms with Crippen molar-refractivity contribution < 1.29 is 19.5 Å². The molecule has 7 heteroatoms. The minimum absolute atomic E-state index is 0.0284. The smallest absolute Gasteiger partial charge is 0.311 e. The van der Waals surface area contributed by atoms with Gasteiger partial charge in [0, 0.05) is 26.1 Å². The predicted molar refractivity (Wildman–Crippen MR) is 95.9 cm³/mol. The van der Waals surface area contributed by atoms with Gasteiger partial charge in [-0.15, -0.1) is 0 Å². The Morgan fingerprint density at radius 1 is 1.23 bits per heavy atom. The minimum Gasteiger partial charge on any atom is -0.481 e. The molecule has 1 aromatic rings. The van der Waals surface area contributed by atoms with Gasteiger partial charge in [0.2, 0.25) is 11.8 Å². The van der Waals surface area contributed by atoms with E-state index in [2.05, 4.69) is 0 Å². The van der Waals surface area contributed by atoms with Gasteiger partial charge < -0.3 is 14.9 Å². The minimum atomic E-state index is -0.796. The molecule has 0 aromatic heterocycles. The van der Waals surface area contributed by atoms with Crippen LogP contribution < -0.4 is 4.90 Å². The van der Waals surface area contributed by atoms with Gasteiger partial charge in [-0.05, 0) is 30.9 Å². The fraction of sp³-hybridized carbons (Fsp3) is 0.526. The summed E-state index contributed by atoms with van der Waals surface area (Å²) in [7, 11) is 0. The molecule has 1 aromatic carbocycles. The second-order valence-electron chi connectivity index (χ2n) is 7.63. The van der Waals surface area contributed by atoms with Crippen molar-refractivity contribution in [3.63, 3.8) is 0 Å². The van der Waals surface area contributed by atoms with Crippen molar-refractivity contribution in [3.05, 3.63) is 29.3 Å². The molecule has 0 spiro atoms. The molecule has 3 aliphatic rings. The van der Waals surface area contributed by atoms with E-state index in [-0.39, 0.29) is 30.7 Å². The Labute approximate surface area is 156 Å². The van der Waals surface area contributed by atoms with Crippen LogP contribution in [0, 0.1) is 17.3 Å². The number of aliphatic carboxylic acids is 1. The summed E-state index contributed by atoms with van der Waals surface area (Å²) < 4.78 is 0. The van der Waals surface area contributed by atoms with Gasteiger partial charge in [-0.25, -0.2) is 0 Å². The van der Waals surface area contributed by atoms with E-state index in [0.717, 1.165) is 12.8 Å². The van der Waals surface area contributed by atoms with Crippen molar-refractivity contribution in [2.24, 2.45) is 17.3 Å². The molecule has 3 fully saturated rings. The largest absolute Gasteiger partial charge is 0.481 e. The van der Waals surface area contributed by atoms with Gasteiger partial charge in [-0.2, -0.15) is 0 Å². The maximum absolute atomic E-state index is 13.0. The van der Waals surface area contributed by atoms with Gasteiger partial charge in [0.25, 0.3) is 0 Å². The van der Waals surface area contributed by atoms with E-state index in [1.807, 2.05) is 6.07 Å². The number of carboxylic acid groups (broad SMARTS) is 1. The molecule has 6 nitrogen and oxygen atoms in total. The maximum atomic E-state index is 13.0. The zero-order valence-corrected chi connectivity index (χ0v) is 15.1. The number of carbonyl (C=O) groups excluding carboxylic acids is 2. The molecule has 1 aliphatic carbocycles. The molecule has 1 saturated carbocycles. The molecule has 3 atom stereocenters. The Bertz CT molecular complexity index is 783. The molecule has 138 valence electrons. The number of hydrogen-bond acceptors (Lipinski definition) is 3. The number of carboxylic acids is 1. The molecule has 2 heterocycles. The van der Waals surface area contributed by atoms with E-state index >= 15 is 0 Å². The second-order valence-corrected chi connectivity index (χ2v) is 8.03. The summed E-state index contributed by atoms with van der Waals surface area (Å²) in [5.41, 5.74) is -0.171. The SMILES string of the molecule is O=C(C1CC(=O)N(c2ccccc2Cl)C1)N1C[C@@H]2CCC[C@@]2(C(=O)O)C1. The van der Waals surface area contributed by atoms with Crippen LogP contribution in [0.4, 0.5) is 5.69 Å². The summed E-state index contributed by atoms with van der Waals surface area (Å²) in [6, 6.07) is 7.09. The number of hydrogen-bond donors (Lipinski definition) is 1. The summed E-state index contributed by atoms with van der Waals surface area (Å²) in [5.74, 6) is -1.44. The number of nitrogens with zero attached hydrogens (tertiary/aromatic N) is 2. The Morgan fingerprint density at radius 3 is 2.69 bits per heavy atom. The number of benzene rings is 1. The van der Waals surface area contributed by atoms with Crippen molar-refractivity contribution in [1.82, 2.24) is 4.90 Å². The number of rotatable bonds is 3. The van der Waals surface area contributed by atoms with Crippen molar-refractivity contribution >= 4 is 35.1 Å². The quantitative estimate of drug-likeness (QED) is 0.878.